The van der Waals surface area contributed by atoms with Crippen LogP contribution in [0.4, 0.5) is 0 Å². The number of carbonyl (C=O) groups is 1. The van der Waals surface area contributed by atoms with E-state index in [0.717, 1.165) is 11.3 Å². The predicted molar refractivity (Wildman–Crippen MR) is 39.6 cm³/mol. The summed E-state index contributed by atoms with van der Waals surface area (Å²) in [5.74, 6) is -1.04. The molecular weight excluding hydrogens is 166 g/mol. The maximum atomic E-state index is 10.3. The van der Waals surface area contributed by atoms with Gasteiger partial charge in [-0.1, -0.05) is 11.3 Å². The van der Waals surface area contributed by atoms with Gasteiger partial charge in [0.2, 0.25) is 5.01 Å². The highest BCUT2D eigenvalue weighted by atomic mass is 32.1. The highest BCUT2D eigenvalue weighted by molar-refractivity contribution is 7.13. The summed E-state index contributed by atoms with van der Waals surface area (Å²) >= 11 is 1.06. The van der Waals surface area contributed by atoms with E-state index in [-0.39, 0.29) is 5.01 Å². The smallest absolute Gasteiger partial charge is 0.367 e. The molecule has 0 saturated carbocycles. The van der Waals surface area contributed by atoms with Gasteiger partial charge in [0.05, 0.1) is 0 Å². The van der Waals surface area contributed by atoms with Crippen molar-refractivity contribution in [1.29, 1.82) is 0 Å². The lowest BCUT2D eigenvalue weighted by Crippen LogP contribution is -2.01. The monoisotopic (exact) mass is 173 g/mol. The molecule has 0 saturated heterocycles. The van der Waals surface area contributed by atoms with Crippen LogP contribution in [0, 0.1) is 0 Å². The lowest BCUT2D eigenvalue weighted by atomic mass is 10.5. The SMILES string of the molecule is NCCc1nnc(C(=O)O)s1. The van der Waals surface area contributed by atoms with E-state index in [4.69, 9.17) is 10.8 Å². The molecule has 6 heteroatoms. The molecule has 0 aliphatic carbocycles. The molecule has 0 aromatic carbocycles. The molecule has 1 rings (SSSR count). The fraction of sp³-hybridized carbons (Fsp3) is 0.400. The lowest BCUT2D eigenvalue weighted by molar-refractivity contribution is 0.0695. The minimum Gasteiger partial charge on any atom is -0.476 e. The van der Waals surface area contributed by atoms with Crippen LogP contribution in [0.25, 0.3) is 0 Å². The molecule has 0 unspecified atom stereocenters. The second kappa shape index (κ2) is 3.40. The summed E-state index contributed by atoms with van der Waals surface area (Å²) in [4.78, 5) is 10.3. The molecule has 0 bridgehead atoms. The third-order valence-electron chi connectivity index (χ3n) is 1.01. The first-order valence-corrected chi connectivity index (χ1v) is 3.81. The number of aromatic nitrogens is 2. The van der Waals surface area contributed by atoms with Crippen LogP contribution in [-0.4, -0.2) is 27.8 Å². The number of nitrogens with two attached hydrogens (primary N) is 1. The number of hydrogen-bond donors (Lipinski definition) is 2. The summed E-state index contributed by atoms with van der Waals surface area (Å²) in [5, 5.41) is 16.2. The van der Waals surface area contributed by atoms with Crippen LogP contribution in [0.3, 0.4) is 0 Å². The summed E-state index contributed by atoms with van der Waals surface area (Å²) in [6.07, 6.45) is 0.588. The van der Waals surface area contributed by atoms with Gasteiger partial charge in [0, 0.05) is 6.42 Å². The standard InChI is InChI=1S/C5H7N3O2S/c6-2-1-3-7-8-4(11-3)5(9)10/h1-2,6H2,(H,9,10). The molecule has 0 aliphatic rings. The van der Waals surface area contributed by atoms with Crippen LogP contribution in [0.1, 0.15) is 14.8 Å². The Hall–Kier alpha value is -1.01. The number of carboxylic acid groups (broad SMARTS) is 1. The molecule has 0 amide bonds. The second-order valence-electron chi connectivity index (χ2n) is 1.84. The van der Waals surface area contributed by atoms with Gasteiger partial charge in [-0.3, -0.25) is 0 Å². The number of rotatable bonds is 3. The normalized spacial score (nSPS) is 9.91. The van der Waals surface area contributed by atoms with E-state index in [0.29, 0.717) is 18.0 Å². The molecule has 0 aliphatic heterocycles. The number of aromatic carboxylic acids is 1. The van der Waals surface area contributed by atoms with E-state index in [1.165, 1.54) is 0 Å². The number of hydrogen-bond acceptors (Lipinski definition) is 5. The van der Waals surface area contributed by atoms with Crippen LogP contribution in [0.15, 0.2) is 0 Å². The molecule has 0 atom stereocenters. The van der Waals surface area contributed by atoms with E-state index < -0.39 is 5.97 Å². The molecule has 5 nitrogen and oxygen atoms in total. The molecule has 0 spiro atoms. The van der Waals surface area contributed by atoms with Crippen LogP contribution in [0.2, 0.25) is 0 Å². The third kappa shape index (κ3) is 1.95. The molecule has 60 valence electrons. The first-order valence-electron chi connectivity index (χ1n) is 2.99. The Morgan fingerprint density at radius 3 is 2.82 bits per heavy atom. The van der Waals surface area contributed by atoms with Gasteiger partial charge in [0.15, 0.2) is 0 Å². The zero-order valence-electron chi connectivity index (χ0n) is 5.65. The Kier molecular flexibility index (Phi) is 2.50. The van der Waals surface area contributed by atoms with E-state index in [9.17, 15) is 4.79 Å². The van der Waals surface area contributed by atoms with Gasteiger partial charge in [0.1, 0.15) is 5.01 Å². The minimum absolute atomic E-state index is 0.0217. The Balaban J connectivity index is 2.73. The van der Waals surface area contributed by atoms with Gasteiger partial charge in [-0.25, -0.2) is 4.79 Å². The van der Waals surface area contributed by atoms with Crippen molar-refractivity contribution in [3.05, 3.63) is 10.0 Å². The van der Waals surface area contributed by atoms with E-state index in [2.05, 4.69) is 10.2 Å². The minimum atomic E-state index is -1.04. The van der Waals surface area contributed by atoms with Crippen molar-refractivity contribution in [2.45, 2.75) is 6.42 Å². The van der Waals surface area contributed by atoms with Crippen molar-refractivity contribution in [3.63, 3.8) is 0 Å². The van der Waals surface area contributed by atoms with Crippen molar-refractivity contribution in [2.75, 3.05) is 6.54 Å². The Labute approximate surface area is 66.9 Å². The number of carboxylic acids is 1. The van der Waals surface area contributed by atoms with Gasteiger partial charge in [-0.05, 0) is 6.54 Å². The average molecular weight is 173 g/mol. The van der Waals surface area contributed by atoms with Crippen molar-refractivity contribution in [3.8, 4) is 0 Å². The van der Waals surface area contributed by atoms with Crippen molar-refractivity contribution in [1.82, 2.24) is 10.2 Å². The highest BCUT2D eigenvalue weighted by Crippen LogP contribution is 2.08. The summed E-state index contributed by atoms with van der Waals surface area (Å²) in [6.45, 7) is 0.467. The van der Waals surface area contributed by atoms with Gasteiger partial charge in [-0.15, -0.1) is 10.2 Å². The summed E-state index contributed by atoms with van der Waals surface area (Å²) in [7, 11) is 0. The largest absolute Gasteiger partial charge is 0.476 e. The van der Waals surface area contributed by atoms with E-state index in [1.807, 2.05) is 0 Å². The van der Waals surface area contributed by atoms with Gasteiger partial charge in [0.25, 0.3) is 0 Å². The fourth-order valence-corrected chi connectivity index (χ4v) is 1.26. The quantitative estimate of drug-likeness (QED) is 0.657. The average Bonchev–Trinajstić information content (AvgIpc) is 2.37. The maximum Gasteiger partial charge on any atom is 0.367 e. The maximum absolute atomic E-state index is 10.3. The van der Waals surface area contributed by atoms with Gasteiger partial charge in [-0.2, -0.15) is 0 Å². The predicted octanol–water partition coefficient (Wildman–Crippen LogP) is -0.263. The topological polar surface area (TPSA) is 89.1 Å². The fourth-order valence-electron chi connectivity index (χ4n) is 0.565. The molecule has 3 N–H and O–H groups in total. The first kappa shape index (κ1) is 8.09. The molecule has 11 heavy (non-hydrogen) atoms. The van der Waals surface area contributed by atoms with Crippen LogP contribution < -0.4 is 5.73 Å². The summed E-state index contributed by atoms with van der Waals surface area (Å²) in [5.41, 5.74) is 5.24. The zero-order chi connectivity index (χ0) is 8.27. The van der Waals surface area contributed by atoms with Crippen molar-refractivity contribution < 1.29 is 9.90 Å². The first-order chi connectivity index (χ1) is 5.24. The van der Waals surface area contributed by atoms with Crippen molar-refractivity contribution in [2.24, 2.45) is 5.73 Å². The van der Waals surface area contributed by atoms with Gasteiger partial charge < -0.3 is 10.8 Å². The zero-order valence-corrected chi connectivity index (χ0v) is 6.47. The van der Waals surface area contributed by atoms with Crippen molar-refractivity contribution >= 4 is 17.3 Å². The molecule has 0 radical (unpaired) electrons. The second-order valence-corrected chi connectivity index (χ2v) is 2.91. The lowest BCUT2D eigenvalue weighted by Gasteiger charge is -1.84. The van der Waals surface area contributed by atoms with Crippen LogP contribution >= 0.6 is 11.3 Å². The highest BCUT2D eigenvalue weighted by Gasteiger charge is 2.09. The molecule has 1 aromatic heterocycles. The molecular formula is C5H7N3O2S. The Morgan fingerprint density at radius 1 is 1.64 bits per heavy atom. The van der Waals surface area contributed by atoms with Gasteiger partial charge >= 0.3 is 5.97 Å². The van der Waals surface area contributed by atoms with Crippen LogP contribution in [0.5, 0.6) is 0 Å². The summed E-state index contributed by atoms with van der Waals surface area (Å²) in [6, 6.07) is 0. The summed E-state index contributed by atoms with van der Waals surface area (Å²) < 4.78 is 0. The third-order valence-corrected chi connectivity index (χ3v) is 1.98. The number of nitrogens with zero attached hydrogens (tertiary/aromatic N) is 2. The van der Waals surface area contributed by atoms with E-state index >= 15 is 0 Å². The molecule has 1 heterocycles. The Morgan fingerprint density at radius 2 is 2.36 bits per heavy atom. The molecule has 0 fully saturated rings. The Bertz CT molecular complexity index is 260. The van der Waals surface area contributed by atoms with E-state index in [1.54, 1.807) is 0 Å². The van der Waals surface area contributed by atoms with Crippen LogP contribution in [-0.2, 0) is 6.42 Å². The molecule has 1 aromatic rings.